The number of carboxylic acids is 1. The first-order valence-corrected chi connectivity index (χ1v) is 7.02. The maximum Gasteiger partial charge on any atom is 0.307 e. The van der Waals surface area contributed by atoms with Crippen LogP contribution in [0.15, 0.2) is 24.3 Å². The van der Waals surface area contributed by atoms with Crippen LogP contribution in [0.1, 0.15) is 37.7 Å². The van der Waals surface area contributed by atoms with E-state index in [1.165, 1.54) is 19.3 Å². The fourth-order valence-corrected chi connectivity index (χ4v) is 3.12. The van der Waals surface area contributed by atoms with Crippen LogP contribution in [-0.2, 0) is 11.2 Å². The second-order valence-electron chi connectivity index (χ2n) is 5.18. The van der Waals surface area contributed by atoms with Crippen molar-refractivity contribution >= 4 is 17.6 Å². The molecule has 0 bridgehead atoms. The summed E-state index contributed by atoms with van der Waals surface area (Å²) in [6.45, 7) is 0. The smallest absolute Gasteiger partial charge is 0.307 e. The van der Waals surface area contributed by atoms with Crippen molar-refractivity contribution in [3.63, 3.8) is 0 Å². The van der Waals surface area contributed by atoms with Gasteiger partial charge in [0.15, 0.2) is 0 Å². The van der Waals surface area contributed by atoms with Crippen molar-refractivity contribution < 1.29 is 9.90 Å². The zero-order valence-corrected chi connectivity index (χ0v) is 11.2. The van der Waals surface area contributed by atoms with Crippen molar-refractivity contribution in [1.29, 1.82) is 0 Å². The number of carbonyl (C=O) groups is 1. The van der Waals surface area contributed by atoms with Crippen molar-refractivity contribution in [2.75, 3.05) is 0 Å². The quantitative estimate of drug-likeness (QED) is 0.888. The maximum absolute atomic E-state index is 11.5. The van der Waals surface area contributed by atoms with E-state index >= 15 is 0 Å². The summed E-state index contributed by atoms with van der Waals surface area (Å²) in [4.78, 5) is 11.5. The second kappa shape index (κ2) is 6.24. The van der Waals surface area contributed by atoms with Crippen LogP contribution in [-0.4, -0.2) is 11.1 Å². The highest BCUT2D eigenvalue weighted by Gasteiger charge is 2.29. The average Bonchev–Trinajstić information content (AvgIpc) is 2.37. The van der Waals surface area contributed by atoms with E-state index in [-0.39, 0.29) is 5.92 Å². The maximum atomic E-state index is 11.5. The average molecular weight is 267 g/mol. The number of hydrogen-bond acceptors (Lipinski definition) is 1. The molecule has 0 amide bonds. The Morgan fingerprint density at radius 2 is 2.06 bits per heavy atom. The van der Waals surface area contributed by atoms with Gasteiger partial charge in [0.05, 0.1) is 5.92 Å². The monoisotopic (exact) mass is 266 g/mol. The molecule has 1 aromatic carbocycles. The van der Waals surface area contributed by atoms with Crippen molar-refractivity contribution in [3.05, 3.63) is 34.9 Å². The number of aliphatic carboxylic acids is 1. The molecule has 1 fully saturated rings. The SMILES string of the molecule is O=C(O)C(Cc1cccc(Cl)c1)C1CCCCC1. The van der Waals surface area contributed by atoms with Gasteiger partial charge in [0.25, 0.3) is 0 Å². The van der Waals surface area contributed by atoms with Gasteiger partial charge in [-0.05, 0) is 42.9 Å². The molecule has 1 unspecified atom stereocenters. The zero-order valence-electron chi connectivity index (χ0n) is 10.4. The lowest BCUT2D eigenvalue weighted by atomic mass is 9.77. The third kappa shape index (κ3) is 3.49. The molecule has 0 aliphatic heterocycles. The lowest BCUT2D eigenvalue weighted by molar-refractivity contribution is -0.144. The summed E-state index contributed by atoms with van der Waals surface area (Å²) in [5, 5.41) is 10.1. The van der Waals surface area contributed by atoms with Crippen LogP contribution in [0.2, 0.25) is 5.02 Å². The Morgan fingerprint density at radius 1 is 1.33 bits per heavy atom. The Balaban J connectivity index is 2.08. The number of benzene rings is 1. The molecular formula is C15H19ClO2. The number of hydrogen-bond donors (Lipinski definition) is 1. The van der Waals surface area contributed by atoms with Crippen molar-refractivity contribution in [3.8, 4) is 0 Å². The minimum Gasteiger partial charge on any atom is -0.481 e. The Morgan fingerprint density at radius 3 is 2.67 bits per heavy atom. The van der Waals surface area contributed by atoms with Crippen LogP contribution in [0.25, 0.3) is 0 Å². The van der Waals surface area contributed by atoms with Gasteiger partial charge in [-0.15, -0.1) is 0 Å². The van der Waals surface area contributed by atoms with Crippen LogP contribution in [0.3, 0.4) is 0 Å². The third-order valence-corrected chi connectivity index (χ3v) is 4.12. The predicted octanol–water partition coefficient (Wildman–Crippen LogP) is 4.16. The number of rotatable bonds is 4. The van der Waals surface area contributed by atoms with Crippen molar-refractivity contribution in [2.24, 2.45) is 11.8 Å². The Kier molecular flexibility index (Phi) is 4.65. The van der Waals surface area contributed by atoms with Gasteiger partial charge in [0.1, 0.15) is 0 Å². The van der Waals surface area contributed by atoms with Gasteiger partial charge in [-0.1, -0.05) is 43.0 Å². The lowest BCUT2D eigenvalue weighted by Gasteiger charge is -2.27. The van der Waals surface area contributed by atoms with Crippen LogP contribution in [0.5, 0.6) is 0 Å². The first-order chi connectivity index (χ1) is 8.66. The van der Waals surface area contributed by atoms with E-state index in [2.05, 4.69) is 0 Å². The van der Waals surface area contributed by atoms with Crippen molar-refractivity contribution in [1.82, 2.24) is 0 Å². The number of halogens is 1. The van der Waals surface area contributed by atoms with E-state index < -0.39 is 5.97 Å². The van der Waals surface area contributed by atoms with E-state index in [1.807, 2.05) is 24.3 Å². The van der Waals surface area contributed by atoms with E-state index in [4.69, 9.17) is 11.6 Å². The Labute approximate surface area is 113 Å². The fraction of sp³-hybridized carbons (Fsp3) is 0.533. The summed E-state index contributed by atoms with van der Waals surface area (Å²) in [6.07, 6.45) is 6.30. The molecule has 3 heteroatoms. The molecule has 2 rings (SSSR count). The molecule has 1 aliphatic rings. The summed E-state index contributed by atoms with van der Waals surface area (Å²) in [6, 6.07) is 7.55. The summed E-state index contributed by atoms with van der Waals surface area (Å²) in [5.41, 5.74) is 1.03. The standard InChI is InChI=1S/C15H19ClO2/c16-13-8-4-5-11(9-13)10-14(15(17)18)12-6-2-1-3-7-12/h4-5,8-9,12,14H,1-3,6-7,10H2,(H,17,18). The Hall–Kier alpha value is -1.02. The van der Waals surface area contributed by atoms with Gasteiger partial charge in [0.2, 0.25) is 0 Å². The molecule has 18 heavy (non-hydrogen) atoms. The van der Waals surface area contributed by atoms with Gasteiger partial charge in [-0.25, -0.2) is 0 Å². The molecule has 1 aromatic rings. The Bertz CT molecular complexity index is 411. The van der Waals surface area contributed by atoms with Crippen LogP contribution < -0.4 is 0 Å². The van der Waals surface area contributed by atoms with Crippen LogP contribution in [0.4, 0.5) is 0 Å². The van der Waals surface area contributed by atoms with E-state index in [1.54, 1.807) is 0 Å². The predicted molar refractivity (Wildman–Crippen MR) is 72.9 cm³/mol. The molecule has 1 atom stereocenters. The molecule has 1 aliphatic carbocycles. The van der Waals surface area contributed by atoms with E-state index in [0.29, 0.717) is 17.4 Å². The third-order valence-electron chi connectivity index (χ3n) is 3.88. The number of carboxylic acid groups (broad SMARTS) is 1. The van der Waals surface area contributed by atoms with Gasteiger partial charge >= 0.3 is 5.97 Å². The largest absolute Gasteiger partial charge is 0.481 e. The molecule has 0 radical (unpaired) electrons. The summed E-state index contributed by atoms with van der Waals surface area (Å²) in [7, 11) is 0. The van der Waals surface area contributed by atoms with Gasteiger partial charge in [0, 0.05) is 5.02 Å². The summed E-state index contributed by atoms with van der Waals surface area (Å²) >= 11 is 5.95. The second-order valence-corrected chi connectivity index (χ2v) is 5.61. The lowest BCUT2D eigenvalue weighted by Crippen LogP contribution is -2.27. The summed E-state index contributed by atoms with van der Waals surface area (Å²) < 4.78 is 0. The van der Waals surface area contributed by atoms with Crippen LogP contribution in [0, 0.1) is 11.8 Å². The highest BCUT2D eigenvalue weighted by molar-refractivity contribution is 6.30. The molecule has 0 aromatic heterocycles. The first kappa shape index (κ1) is 13.4. The minimum absolute atomic E-state index is 0.260. The van der Waals surface area contributed by atoms with Gasteiger partial charge in [-0.2, -0.15) is 0 Å². The van der Waals surface area contributed by atoms with Gasteiger partial charge in [-0.3, -0.25) is 4.79 Å². The first-order valence-electron chi connectivity index (χ1n) is 6.64. The minimum atomic E-state index is -0.665. The highest BCUT2D eigenvalue weighted by Crippen LogP contribution is 2.32. The molecule has 0 saturated heterocycles. The molecule has 98 valence electrons. The topological polar surface area (TPSA) is 37.3 Å². The van der Waals surface area contributed by atoms with Crippen LogP contribution >= 0.6 is 11.6 Å². The molecule has 0 spiro atoms. The molecule has 2 nitrogen and oxygen atoms in total. The zero-order chi connectivity index (χ0) is 13.0. The molecular weight excluding hydrogens is 248 g/mol. The highest BCUT2D eigenvalue weighted by atomic mass is 35.5. The van der Waals surface area contributed by atoms with E-state index in [9.17, 15) is 9.90 Å². The van der Waals surface area contributed by atoms with Gasteiger partial charge < -0.3 is 5.11 Å². The normalized spacial score (nSPS) is 18.5. The van der Waals surface area contributed by atoms with E-state index in [0.717, 1.165) is 18.4 Å². The molecule has 1 saturated carbocycles. The fourth-order valence-electron chi connectivity index (χ4n) is 2.91. The van der Waals surface area contributed by atoms with Crippen molar-refractivity contribution in [2.45, 2.75) is 38.5 Å². The molecule has 0 heterocycles. The summed E-state index contributed by atoms with van der Waals surface area (Å²) in [5.74, 6) is -0.596. The molecule has 1 N–H and O–H groups in total.